The molecule has 0 aliphatic rings. The van der Waals surface area contributed by atoms with Crippen molar-refractivity contribution in [2.75, 3.05) is 13.1 Å². The van der Waals surface area contributed by atoms with E-state index >= 15 is 0 Å². The third-order valence-electron chi connectivity index (χ3n) is 3.09. The van der Waals surface area contributed by atoms with Crippen LogP contribution in [0.15, 0.2) is 15.6 Å². The molecule has 0 aliphatic carbocycles. The Labute approximate surface area is 135 Å². The Kier molecular flexibility index (Phi) is 5.94. The SMILES string of the molecule is CCNC(=NCc1nc(C)c(C)o1)NCCc1ncc(C)s1. The zero-order valence-electron chi connectivity index (χ0n) is 13.6. The summed E-state index contributed by atoms with van der Waals surface area (Å²) in [6.07, 6.45) is 2.80. The second kappa shape index (κ2) is 7.93. The first-order valence-corrected chi connectivity index (χ1v) is 8.26. The Morgan fingerprint density at radius 3 is 2.73 bits per heavy atom. The zero-order chi connectivity index (χ0) is 15.9. The van der Waals surface area contributed by atoms with Crippen molar-refractivity contribution in [3.8, 4) is 0 Å². The van der Waals surface area contributed by atoms with Gasteiger partial charge in [-0.05, 0) is 27.7 Å². The largest absolute Gasteiger partial charge is 0.444 e. The van der Waals surface area contributed by atoms with Gasteiger partial charge in [0.2, 0.25) is 5.89 Å². The fourth-order valence-corrected chi connectivity index (χ4v) is 2.69. The summed E-state index contributed by atoms with van der Waals surface area (Å²) in [6, 6.07) is 0. The average molecular weight is 321 g/mol. The first-order chi connectivity index (χ1) is 10.6. The molecule has 0 atom stereocenters. The highest BCUT2D eigenvalue weighted by molar-refractivity contribution is 7.11. The number of nitrogens with one attached hydrogen (secondary N) is 2. The van der Waals surface area contributed by atoms with Gasteiger partial charge in [0.25, 0.3) is 0 Å². The van der Waals surface area contributed by atoms with E-state index in [-0.39, 0.29) is 0 Å². The topological polar surface area (TPSA) is 75.3 Å². The molecule has 120 valence electrons. The van der Waals surface area contributed by atoms with Gasteiger partial charge in [-0.2, -0.15) is 0 Å². The number of aryl methyl sites for hydroxylation is 3. The second-order valence-electron chi connectivity index (χ2n) is 4.99. The number of nitrogens with zero attached hydrogens (tertiary/aromatic N) is 3. The molecule has 2 aromatic rings. The third-order valence-corrected chi connectivity index (χ3v) is 4.06. The van der Waals surface area contributed by atoms with Crippen LogP contribution in [-0.2, 0) is 13.0 Å². The Bertz CT molecular complexity index is 612. The molecular formula is C15H23N5OS. The fourth-order valence-electron chi connectivity index (χ4n) is 1.90. The van der Waals surface area contributed by atoms with E-state index in [4.69, 9.17) is 4.42 Å². The van der Waals surface area contributed by atoms with Crippen LogP contribution < -0.4 is 10.6 Å². The van der Waals surface area contributed by atoms with Crippen molar-refractivity contribution < 1.29 is 4.42 Å². The maximum Gasteiger partial charge on any atom is 0.216 e. The van der Waals surface area contributed by atoms with Gasteiger partial charge in [-0.25, -0.2) is 15.0 Å². The van der Waals surface area contributed by atoms with E-state index in [1.54, 1.807) is 11.3 Å². The van der Waals surface area contributed by atoms with E-state index in [0.717, 1.165) is 41.9 Å². The predicted molar refractivity (Wildman–Crippen MR) is 89.4 cm³/mol. The van der Waals surface area contributed by atoms with Gasteiger partial charge in [0.1, 0.15) is 12.3 Å². The lowest BCUT2D eigenvalue weighted by molar-refractivity contribution is 0.473. The smallest absolute Gasteiger partial charge is 0.216 e. The van der Waals surface area contributed by atoms with Crippen LogP contribution in [0.5, 0.6) is 0 Å². The minimum Gasteiger partial charge on any atom is -0.444 e. The summed E-state index contributed by atoms with van der Waals surface area (Å²) in [5, 5.41) is 7.66. The van der Waals surface area contributed by atoms with Crippen LogP contribution in [-0.4, -0.2) is 29.0 Å². The number of hydrogen-bond donors (Lipinski definition) is 2. The summed E-state index contributed by atoms with van der Waals surface area (Å²) in [5.74, 6) is 2.26. The summed E-state index contributed by atoms with van der Waals surface area (Å²) < 4.78 is 5.54. The van der Waals surface area contributed by atoms with Gasteiger partial charge in [0.15, 0.2) is 5.96 Å². The summed E-state index contributed by atoms with van der Waals surface area (Å²) in [5.41, 5.74) is 0.919. The molecule has 0 saturated heterocycles. The molecule has 22 heavy (non-hydrogen) atoms. The van der Waals surface area contributed by atoms with Crippen molar-refractivity contribution in [1.82, 2.24) is 20.6 Å². The normalized spacial score (nSPS) is 11.7. The fraction of sp³-hybridized carbons (Fsp3) is 0.533. The molecule has 7 heteroatoms. The van der Waals surface area contributed by atoms with Crippen molar-refractivity contribution >= 4 is 17.3 Å². The molecule has 0 fully saturated rings. The number of aromatic nitrogens is 2. The van der Waals surface area contributed by atoms with Gasteiger partial charge in [0.05, 0.1) is 10.7 Å². The summed E-state index contributed by atoms with van der Waals surface area (Å²) >= 11 is 1.73. The molecule has 0 saturated carbocycles. The number of aliphatic imine (C=N–C) groups is 1. The molecule has 2 N–H and O–H groups in total. The summed E-state index contributed by atoms with van der Waals surface area (Å²) in [4.78, 5) is 14.4. The van der Waals surface area contributed by atoms with Gasteiger partial charge in [-0.1, -0.05) is 0 Å². The van der Waals surface area contributed by atoms with Crippen molar-refractivity contribution in [3.63, 3.8) is 0 Å². The molecule has 2 aromatic heterocycles. The van der Waals surface area contributed by atoms with E-state index in [1.165, 1.54) is 4.88 Å². The monoisotopic (exact) mass is 321 g/mol. The number of thiazole rings is 1. The lowest BCUT2D eigenvalue weighted by atomic mass is 10.4. The van der Waals surface area contributed by atoms with Crippen LogP contribution in [0.3, 0.4) is 0 Å². The lowest BCUT2D eigenvalue weighted by Crippen LogP contribution is -2.38. The number of rotatable bonds is 6. The van der Waals surface area contributed by atoms with Crippen molar-refractivity contribution in [2.45, 2.75) is 40.7 Å². The molecule has 2 heterocycles. The highest BCUT2D eigenvalue weighted by atomic mass is 32.1. The van der Waals surface area contributed by atoms with Gasteiger partial charge in [0, 0.05) is 30.6 Å². The van der Waals surface area contributed by atoms with Crippen molar-refractivity contribution in [3.05, 3.63) is 33.4 Å². The molecule has 0 spiro atoms. The molecule has 0 unspecified atom stereocenters. The molecule has 2 rings (SSSR count). The lowest BCUT2D eigenvalue weighted by Gasteiger charge is -2.09. The summed E-state index contributed by atoms with van der Waals surface area (Å²) in [7, 11) is 0. The standard InChI is InChI=1S/C15H23N5OS/c1-5-16-15(17-7-6-14-18-8-10(2)22-14)19-9-13-20-11(3)12(4)21-13/h8H,5-7,9H2,1-4H3,(H2,16,17,19). The molecule has 0 amide bonds. The quantitative estimate of drug-likeness (QED) is 0.631. The maximum absolute atomic E-state index is 5.54. The Morgan fingerprint density at radius 2 is 2.14 bits per heavy atom. The Morgan fingerprint density at radius 1 is 1.32 bits per heavy atom. The second-order valence-corrected chi connectivity index (χ2v) is 6.31. The van der Waals surface area contributed by atoms with Crippen LogP contribution in [0.1, 0.15) is 34.2 Å². The molecule has 0 aliphatic heterocycles. The summed E-state index contributed by atoms with van der Waals surface area (Å²) in [6.45, 7) is 10.00. The van der Waals surface area contributed by atoms with Crippen molar-refractivity contribution in [2.24, 2.45) is 4.99 Å². The van der Waals surface area contributed by atoms with Gasteiger partial charge >= 0.3 is 0 Å². The number of hydrogen-bond acceptors (Lipinski definition) is 5. The van der Waals surface area contributed by atoms with Gasteiger partial charge < -0.3 is 15.1 Å². The third kappa shape index (κ3) is 4.84. The van der Waals surface area contributed by atoms with E-state index in [0.29, 0.717) is 12.4 Å². The van der Waals surface area contributed by atoms with Crippen LogP contribution in [0.4, 0.5) is 0 Å². The molecular weight excluding hydrogens is 298 g/mol. The van der Waals surface area contributed by atoms with E-state index in [9.17, 15) is 0 Å². The van der Waals surface area contributed by atoms with Crippen LogP contribution >= 0.6 is 11.3 Å². The van der Waals surface area contributed by atoms with Crippen LogP contribution in [0, 0.1) is 20.8 Å². The minimum absolute atomic E-state index is 0.431. The first kappa shape index (κ1) is 16.5. The Hall–Kier alpha value is -1.89. The highest BCUT2D eigenvalue weighted by Crippen LogP contribution is 2.11. The van der Waals surface area contributed by atoms with Gasteiger partial charge in [-0.3, -0.25) is 0 Å². The van der Waals surface area contributed by atoms with Crippen LogP contribution in [0.2, 0.25) is 0 Å². The number of oxazole rings is 1. The molecule has 6 nitrogen and oxygen atoms in total. The predicted octanol–water partition coefficient (Wildman–Crippen LogP) is 2.35. The van der Waals surface area contributed by atoms with Crippen molar-refractivity contribution in [1.29, 1.82) is 0 Å². The molecule has 0 radical (unpaired) electrons. The maximum atomic E-state index is 5.54. The Balaban J connectivity index is 1.86. The minimum atomic E-state index is 0.431. The zero-order valence-corrected chi connectivity index (χ0v) is 14.4. The average Bonchev–Trinajstić information content (AvgIpc) is 3.03. The highest BCUT2D eigenvalue weighted by Gasteiger charge is 2.05. The molecule has 0 aromatic carbocycles. The molecule has 0 bridgehead atoms. The van der Waals surface area contributed by atoms with Gasteiger partial charge in [-0.15, -0.1) is 11.3 Å². The number of guanidine groups is 1. The first-order valence-electron chi connectivity index (χ1n) is 7.45. The van der Waals surface area contributed by atoms with E-state index in [2.05, 4.69) is 32.5 Å². The van der Waals surface area contributed by atoms with E-state index in [1.807, 2.05) is 27.0 Å². The van der Waals surface area contributed by atoms with Crippen LogP contribution in [0.25, 0.3) is 0 Å². The van der Waals surface area contributed by atoms with E-state index < -0.39 is 0 Å².